The summed E-state index contributed by atoms with van der Waals surface area (Å²) in [6.45, 7) is 2.36. The number of piperidine rings is 1. The van der Waals surface area contributed by atoms with Crippen LogP contribution in [0.25, 0.3) is 0 Å². The first-order valence-corrected chi connectivity index (χ1v) is 12.2. The van der Waals surface area contributed by atoms with Crippen molar-refractivity contribution in [1.82, 2.24) is 24.6 Å². The van der Waals surface area contributed by atoms with Crippen LogP contribution in [-0.2, 0) is 22.7 Å². The van der Waals surface area contributed by atoms with Gasteiger partial charge in [0.1, 0.15) is 24.5 Å². The average Bonchev–Trinajstić information content (AvgIpc) is 3.40. The maximum absolute atomic E-state index is 13.1. The number of nitrogens with zero attached hydrogens (tertiary/aromatic N) is 5. The number of aryl methyl sites for hydroxylation is 1. The number of carbonyl (C=O) groups is 2. The molecular formula is C27H33N5O3. The van der Waals surface area contributed by atoms with Crippen LogP contribution in [0, 0.1) is 5.92 Å². The summed E-state index contributed by atoms with van der Waals surface area (Å²) in [6, 6.07) is 19.7. The normalized spacial score (nSPS) is 17.7. The Kier molecular flexibility index (Phi) is 8.48. The summed E-state index contributed by atoms with van der Waals surface area (Å²) in [5.41, 5.74) is 1.09. The first kappa shape index (κ1) is 24.4. The number of carbonyl (C=O) groups excluding carboxylic acids is 2. The predicted molar refractivity (Wildman–Crippen MR) is 132 cm³/mol. The number of para-hydroxylation sites is 1. The maximum Gasteiger partial charge on any atom is 0.223 e. The van der Waals surface area contributed by atoms with Gasteiger partial charge in [-0.15, -0.1) is 0 Å². The van der Waals surface area contributed by atoms with Crippen molar-refractivity contribution in [2.24, 2.45) is 5.92 Å². The Bertz CT molecular complexity index is 1060. The molecule has 4 rings (SSSR count). The highest BCUT2D eigenvalue weighted by Crippen LogP contribution is 2.27. The zero-order valence-electron chi connectivity index (χ0n) is 20.2. The van der Waals surface area contributed by atoms with E-state index in [-0.39, 0.29) is 23.8 Å². The molecule has 8 heteroatoms. The van der Waals surface area contributed by atoms with Crippen LogP contribution in [0.5, 0.6) is 5.75 Å². The SMILES string of the molecule is CN(Cc1ccccc1)C(=O)C[C@H]1CN(C(=O)CCCn2cncn2)CC[C@@H]1Oc1ccccc1. The Morgan fingerprint density at radius 3 is 2.54 bits per heavy atom. The number of likely N-dealkylation sites (tertiary alicyclic amines) is 1. The second-order valence-electron chi connectivity index (χ2n) is 9.06. The topological polar surface area (TPSA) is 80.6 Å². The molecule has 0 radical (unpaired) electrons. The van der Waals surface area contributed by atoms with Crippen LogP contribution < -0.4 is 4.74 Å². The fourth-order valence-corrected chi connectivity index (χ4v) is 4.49. The van der Waals surface area contributed by atoms with Gasteiger partial charge in [-0.2, -0.15) is 5.10 Å². The number of aromatic nitrogens is 3. The lowest BCUT2D eigenvalue weighted by atomic mass is 9.90. The van der Waals surface area contributed by atoms with Gasteiger partial charge in [-0.3, -0.25) is 14.3 Å². The van der Waals surface area contributed by atoms with Gasteiger partial charge in [-0.25, -0.2) is 4.98 Å². The van der Waals surface area contributed by atoms with Gasteiger partial charge in [0, 0.05) is 58.4 Å². The van der Waals surface area contributed by atoms with E-state index in [9.17, 15) is 9.59 Å². The molecule has 0 aliphatic carbocycles. The zero-order valence-corrected chi connectivity index (χ0v) is 20.2. The highest BCUT2D eigenvalue weighted by molar-refractivity contribution is 5.78. The van der Waals surface area contributed by atoms with E-state index in [2.05, 4.69) is 10.1 Å². The molecule has 2 heterocycles. The van der Waals surface area contributed by atoms with Crippen molar-refractivity contribution in [3.05, 3.63) is 78.9 Å². The van der Waals surface area contributed by atoms with Crippen LogP contribution in [0.4, 0.5) is 0 Å². The third kappa shape index (κ3) is 7.15. The second-order valence-corrected chi connectivity index (χ2v) is 9.06. The third-order valence-corrected chi connectivity index (χ3v) is 6.42. The smallest absolute Gasteiger partial charge is 0.223 e. The van der Waals surface area contributed by atoms with Crippen LogP contribution in [0.15, 0.2) is 73.3 Å². The molecule has 2 aromatic carbocycles. The number of ether oxygens (including phenoxy) is 1. The van der Waals surface area contributed by atoms with Crippen molar-refractivity contribution >= 4 is 11.8 Å². The van der Waals surface area contributed by atoms with Gasteiger partial charge in [-0.05, 0) is 24.1 Å². The van der Waals surface area contributed by atoms with E-state index in [1.165, 1.54) is 6.33 Å². The quantitative estimate of drug-likeness (QED) is 0.449. The molecule has 8 nitrogen and oxygen atoms in total. The van der Waals surface area contributed by atoms with E-state index in [1.54, 1.807) is 15.9 Å². The molecule has 0 N–H and O–H groups in total. The van der Waals surface area contributed by atoms with Gasteiger partial charge in [0.2, 0.25) is 11.8 Å². The summed E-state index contributed by atoms with van der Waals surface area (Å²) < 4.78 is 8.03. The number of hydrogen-bond acceptors (Lipinski definition) is 5. The molecule has 1 aromatic heterocycles. The van der Waals surface area contributed by atoms with Crippen LogP contribution >= 0.6 is 0 Å². The number of rotatable bonds is 10. The van der Waals surface area contributed by atoms with Gasteiger partial charge in [-0.1, -0.05) is 48.5 Å². The molecule has 2 amide bonds. The Hall–Kier alpha value is -3.68. The molecule has 0 spiro atoms. The summed E-state index contributed by atoms with van der Waals surface area (Å²) in [6.07, 6.45) is 5.21. The van der Waals surface area contributed by atoms with Crippen LogP contribution in [-0.4, -0.2) is 62.6 Å². The molecule has 2 atom stereocenters. The lowest BCUT2D eigenvalue weighted by molar-refractivity contribution is -0.139. The van der Waals surface area contributed by atoms with Crippen molar-refractivity contribution in [1.29, 1.82) is 0 Å². The maximum atomic E-state index is 13.1. The molecule has 0 saturated carbocycles. The van der Waals surface area contributed by atoms with E-state index in [4.69, 9.17) is 4.74 Å². The molecule has 35 heavy (non-hydrogen) atoms. The molecule has 0 unspecified atom stereocenters. The van der Waals surface area contributed by atoms with Gasteiger partial charge in [0.05, 0.1) is 0 Å². The summed E-state index contributed by atoms with van der Waals surface area (Å²) in [4.78, 5) is 33.7. The van der Waals surface area contributed by atoms with Gasteiger partial charge in [0.15, 0.2) is 0 Å². The van der Waals surface area contributed by atoms with Crippen molar-refractivity contribution in [3.63, 3.8) is 0 Å². The van der Waals surface area contributed by atoms with Gasteiger partial charge < -0.3 is 14.5 Å². The van der Waals surface area contributed by atoms with Crippen molar-refractivity contribution < 1.29 is 14.3 Å². The monoisotopic (exact) mass is 475 g/mol. The average molecular weight is 476 g/mol. The molecule has 1 aliphatic rings. The van der Waals surface area contributed by atoms with E-state index in [0.29, 0.717) is 51.9 Å². The molecule has 184 valence electrons. The molecule has 3 aromatic rings. The zero-order chi connectivity index (χ0) is 24.5. The lowest BCUT2D eigenvalue weighted by Crippen LogP contribution is -2.49. The third-order valence-electron chi connectivity index (χ3n) is 6.42. The van der Waals surface area contributed by atoms with E-state index in [1.807, 2.05) is 72.6 Å². The van der Waals surface area contributed by atoms with Crippen molar-refractivity contribution in [2.45, 2.75) is 44.9 Å². The Labute approximate surface area is 206 Å². The standard InChI is InChI=1S/C27H33N5O3/c1-30(18-22-9-4-2-5-10-22)27(34)17-23-19-31(26(33)13-8-15-32-21-28-20-29-32)16-14-25(23)35-24-11-6-3-7-12-24/h2-7,9-12,20-21,23,25H,8,13-19H2,1H3/t23-,25-/m0/s1. The number of benzene rings is 2. The Morgan fingerprint density at radius 1 is 1.09 bits per heavy atom. The summed E-state index contributed by atoms with van der Waals surface area (Å²) in [7, 11) is 1.83. The van der Waals surface area contributed by atoms with E-state index in [0.717, 1.165) is 11.3 Å². The lowest BCUT2D eigenvalue weighted by Gasteiger charge is -2.39. The van der Waals surface area contributed by atoms with Gasteiger partial charge in [0.25, 0.3) is 0 Å². The summed E-state index contributed by atoms with van der Waals surface area (Å²) >= 11 is 0. The highest BCUT2D eigenvalue weighted by atomic mass is 16.5. The largest absolute Gasteiger partial charge is 0.490 e. The molecular weight excluding hydrogens is 442 g/mol. The van der Waals surface area contributed by atoms with Crippen LogP contribution in [0.2, 0.25) is 0 Å². The minimum absolute atomic E-state index is 0.0565. The summed E-state index contributed by atoms with van der Waals surface area (Å²) in [5.74, 6) is 0.883. The summed E-state index contributed by atoms with van der Waals surface area (Å²) in [5, 5.41) is 4.09. The molecule has 1 saturated heterocycles. The van der Waals surface area contributed by atoms with E-state index < -0.39 is 0 Å². The minimum Gasteiger partial charge on any atom is -0.490 e. The fraction of sp³-hybridized carbons (Fsp3) is 0.407. The Balaban J connectivity index is 1.37. The van der Waals surface area contributed by atoms with Crippen molar-refractivity contribution in [3.8, 4) is 5.75 Å². The minimum atomic E-state index is -0.120. The van der Waals surface area contributed by atoms with Crippen LogP contribution in [0.1, 0.15) is 31.2 Å². The van der Waals surface area contributed by atoms with Crippen molar-refractivity contribution in [2.75, 3.05) is 20.1 Å². The van der Waals surface area contributed by atoms with E-state index >= 15 is 0 Å². The predicted octanol–water partition coefficient (Wildman–Crippen LogP) is 3.40. The molecule has 1 aliphatic heterocycles. The number of amides is 2. The molecule has 1 fully saturated rings. The fourth-order valence-electron chi connectivity index (χ4n) is 4.49. The Morgan fingerprint density at radius 2 is 1.83 bits per heavy atom. The highest BCUT2D eigenvalue weighted by Gasteiger charge is 2.34. The molecule has 0 bridgehead atoms. The second kappa shape index (κ2) is 12.1. The van der Waals surface area contributed by atoms with Crippen LogP contribution in [0.3, 0.4) is 0 Å². The first-order valence-electron chi connectivity index (χ1n) is 12.2. The number of hydrogen-bond donors (Lipinski definition) is 0. The first-order chi connectivity index (χ1) is 17.1. The van der Waals surface area contributed by atoms with Gasteiger partial charge >= 0.3 is 0 Å².